The first kappa shape index (κ1) is 14.6. The molecular weight excluding hydrogens is 304 g/mol. The standard InChI is InChI=1S/C18H16N4O2/c1-12-5-4-8-17(20-12)24-13-10-22(11-13)18(23)16-9-19-14-6-2-3-7-15(14)21-16/h2-9,13H,10-11H2,1H3. The Morgan fingerprint density at radius 1 is 1.08 bits per heavy atom. The number of para-hydroxylation sites is 2. The Labute approximate surface area is 139 Å². The molecule has 1 aromatic carbocycles. The SMILES string of the molecule is Cc1cccc(OC2CN(C(=O)c3cnc4ccccc4n3)C2)n1. The molecule has 0 bridgehead atoms. The van der Waals surface area contributed by atoms with Crippen molar-refractivity contribution in [1.82, 2.24) is 19.9 Å². The maximum Gasteiger partial charge on any atom is 0.274 e. The van der Waals surface area contributed by atoms with Gasteiger partial charge in [0.25, 0.3) is 5.91 Å². The van der Waals surface area contributed by atoms with Gasteiger partial charge in [0.15, 0.2) is 0 Å². The van der Waals surface area contributed by atoms with Crippen molar-refractivity contribution in [1.29, 1.82) is 0 Å². The summed E-state index contributed by atoms with van der Waals surface area (Å²) in [4.78, 5) is 27.2. The van der Waals surface area contributed by atoms with E-state index in [0.29, 0.717) is 24.7 Å². The number of aryl methyl sites for hydroxylation is 1. The van der Waals surface area contributed by atoms with Gasteiger partial charge in [0.05, 0.1) is 30.3 Å². The van der Waals surface area contributed by atoms with Gasteiger partial charge in [-0.15, -0.1) is 0 Å². The highest BCUT2D eigenvalue weighted by atomic mass is 16.5. The van der Waals surface area contributed by atoms with Crippen molar-refractivity contribution in [3.05, 3.63) is 60.0 Å². The average molecular weight is 320 g/mol. The van der Waals surface area contributed by atoms with Crippen LogP contribution in [0.15, 0.2) is 48.7 Å². The van der Waals surface area contributed by atoms with Crippen molar-refractivity contribution < 1.29 is 9.53 Å². The maximum atomic E-state index is 12.5. The summed E-state index contributed by atoms with van der Waals surface area (Å²) in [6, 6.07) is 13.2. The van der Waals surface area contributed by atoms with Gasteiger partial charge in [0.1, 0.15) is 11.8 Å². The molecule has 1 aliphatic heterocycles. The number of fused-ring (bicyclic) bond motifs is 1. The van der Waals surface area contributed by atoms with E-state index in [1.807, 2.05) is 49.4 Å². The van der Waals surface area contributed by atoms with Gasteiger partial charge in [-0.25, -0.2) is 9.97 Å². The van der Waals surface area contributed by atoms with E-state index in [9.17, 15) is 4.79 Å². The third-order valence-corrected chi connectivity index (χ3v) is 3.95. The van der Waals surface area contributed by atoms with E-state index in [1.165, 1.54) is 6.20 Å². The molecule has 6 nitrogen and oxygen atoms in total. The molecule has 1 amide bonds. The van der Waals surface area contributed by atoms with Crippen LogP contribution in [0.25, 0.3) is 11.0 Å². The summed E-state index contributed by atoms with van der Waals surface area (Å²) in [5.41, 5.74) is 2.78. The van der Waals surface area contributed by atoms with E-state index in [1.54, 1.807) is 4.90 Å². The van der Waals surface area contributed by atoms with Gasteiger partial charge in [-0.05, 0) is 25.1 Å². The summed E-state index contributed by atoms with van der Waals surface area (Å²) in [6.07, 6.45) is 1.50. The summed E-state index contributed by atoms with van der Waals surface area (Å²) in [5.74, 6) is 0.475. The summed E-state index contributed by atoms with van der Waals surface area (Å²) in [5, 5.41) is 0. The van der Waals surface area contributed by atoms with Gasteiger partial charge in [-0.1, -0.05) is 18.2 Å². The van der Waals surface area contributed by atoms with Crippen LogP contribution < -0.4 is 4.74 Å². The fraction of sp³-hybridized carbons (Fsp3) is 0.222. The molecule has 3 heterocycles. The number of carbonyl (C=O) groups is 1. The van der Waals surface area contributed by atoms with Crippen LogP contribution in [-0.4, -0.2) is 45.0 Å². The van der Waals surface area contributed by atoms with Crippen LogP contribution in [0.2, 0.25) is 0 Å². The van der Waals surface area contributed by atoms with Crippen LogP contribution in [0, 0.1) is 6.92 Å². The van der Waals surface area contributed by atoms with Crippen molar-refractivity contribution in [3.63, 3.8) is 0 Å². The molecule has 0 atom stereocenters. The molecule has 0 unspecified atom stereocenters. The number of ether oxygens (including phenoxy) is 1. The molecule has 0 radical (unpaired) electrons. The van der Waals surface area contributed by atoms with Crippen LogP contribution in [0.1, 0.15) is 16.2 Å². The Hall–Kier alpha value is -3.02. The molecule has 1 fully saturated rings. The lowest BCUT2D eigenvalue weighted by Gasteiger charge is -2.38. The normalized spacial score (nSPS) is 14.5. The molecular formula is C18H16N4O2. The summed E-state index contributed by atoms with van der Waals surface area (Å²) < 4.78 is 5.78. The molecule has 0 N–H and O–H groups in total. The van der Waals surface area contributed by atoms with Gasteiger partial charge < -0.3 is 9.64 Å². The van der Waals surface area contributed by atoms with Gasteiger partial charge in [0.2, 0.25) is 5.88 Å². The van der Waals surface area contributed by atoms with Crippen molar-refractivity contribution in [2.75, 3.05) is 13.1 Å². The Kier molecular flexibility index (Phi) is 3.57. The van der Waals surface area contributed by atoms with Gasteiger partial charge >= 0.3 is 0 Å². The van der Waals surface area contributed by atoms with Crippen LogP contribution in [-0.2, 0) is 0 Å². The zero-order valence-electron chi connectivity index (χ0n) is 13.2. The van der Waals surface area contributed by atoms with Crippen LogP contribution in [0.4, 0.5) is 0 Å². The average Bonchev–Trinajstić information content (AvgIpc) is 2.57. The monoisotopic (exact) mass is 320 g/mol. The Morgan fingerprint density at radius 2 is 1.88 bits per heavy atom. The lowest BCUT2D eigenvalue weighted by atomic mass is 10.1. The van der Waals surface area contributed by atoms with E-state index in [0.717, 1.165) is 16.7 Å². The zero-order valence-corrected chi connectivity index (χ0v) is 13.2. The molecule has 0 spiro atoms. The highest BCUT2D eigenvalue weighted by Crippen LogP contribution is 2.19. The number of benzene rings is 1. The summed E-state index contributed by atoms with van der Waals surface area (Å²) in [6.45, 7) is 2.98. The number of carbonyl (C=O) groups excluding carboxylic acids is 1. The quantitative estimate of drug-likeness (QED) is 0.740. The lowest BCUT2D eigenvalue weighted by Crippen LogP contribution is -2.56. The Balaban J connectivity index is 1.41. The van der Waals surface area contributed by atoms with Crippen LogP contribution in [0.3, 0.4) is 0 Å². The molecule has 3 aromatic rings. The molecule has 120 valence electrons. The number of amides is 1. The highest BCUT2D eigenvalue weighted by Gasteiger charge is 2.33. The van der Waals surface area contributed by atoms with E-state index in [2.05, 4.69) is 15.0 Å². The van der Waals surface area contributed by atoms with Gasteiger partial charge in [-0.3, -0.25) is 9.78 Å². The first-order chi connectivity index (χ1) is 11.7. The highest BCUT2D eigenvalue weighted by molar-refractivity contribution is 5.94. The third kappa shape index (κ3) is 2.78. The topological polar surface area (TPSA) is 68.2 Å². The van der Waals surface area contributed by atoms with Gasteiger partial charge in [-0.2, -0.15) is 0 Å². The predicted octanol–water partition coefficient (Wildman–Crippen LogP) is 2.24. The van der Waals surface area contributed by atoms with E-state index in [-0.39, 0.29) is 12.0 Å². The molecule has 0 aliphatic carbocycles. The fourth-order valence-corrected chi connectivity index (χ4v) is 2.66. The van der Waals surface area contributed by atoms with Gasteiger partial charge in [0, 0.05) is 11.8 Å². The van der Waals surface area contributed by atoms with Crippen LogP contribution >= 0.6 is 0 Å². The summed E-state index contributed by atoms with van der Waals surface area (Å²) >= 11 is 0. The molecule has 6 heteroatoms. The van der Waals surface area contributed by atoms with Crippen molar-refractivity contribution in [3.8, 4) is 5.88 Å². The number of hydrogen-bond acceptors (Lipinski definition) is 5. The van der Waals surface area contributed by atoms with Crippen molar-refractivity contribution in [2.24, 2.45) is 0 Å². The summed E-state index contributed by atoms with van der Waals surface area (Å²) in [7, 11) is 0. The number of pyridine rings is 1. The number of nitrogens with zero attached hydrogens (tertiary/aromatic N) is 4. The fourth-order valence-electron chi connectivity index (χ4n) is 2.66. The van der Waals surface area contributed by atoms with Crippen LogP contribution in [0.5, 0.6) is 5.88 Å². The Morgan fingerprint density at radius 3 is 2.67 bits per heavy atom. The number of hydrogen-bond donors (Lipinski definition) is 0. The van der Waals surface area contributed by atoms with Crippen molar-refractivity contribution in [2.45, 2.75) is 13.0 Å². The third-order valence-electron chi connectivity index (χ3n) is 3.95. The minimum absolute atomic E-state index is 0.0309. The first-order valence-electron chi connectivity index (χ1n) is 7.80. The minimum Gasteiger partial charge on any atom is -0.471 e. The number of likely N-dealkylation sites (tertiary alicyclic amines) is 1. The maximum absolute atomic E-state index is 12.5. The second-order valence-corrected chi connectivity index (χ2v) is 5.81. The molecule has 24 heavy (non-hydrogen) atoms. The van der Waals surface area contributed by atoms with E-state index in [4.69, 9.17) is 4.74 Å². The molecule has 1 aliphatic rings. The number of aromatic nitrogens is 3. The predicted molar refractivity (Wildman–Crippen MR) is 88.8 cm³/mol. The molecule has 4 rings (SSSR count). The van der Waals surface area contributed by atoms with E-state index >= 15 is 0 Å². The number of rotatable bonds is 3. The minimum atomic E-state index is -0.120. The zero-order chi connectivity index (χ0) is 16.5. The Bertz CT molecular complexity index is 906. The lowest BCUT2D eigenvalue weighted by molar-refractivity contribution is 0.0155. The molecule has 0 saturated carbocycles. The smallest absolute Gasteiger partial charge is 0.274 e. The van der Waals surface area contributed by atoms with Crippen molar-refractivity contribution >= 4 is 16.9 Å². The second kappa shape index (κ2) is 5.88. The van der Waals surface area contributed by atoms with E-state index < -0.39 is 0 Å². The largest absolute Gasteiger partial charge is 0.471 e. The molecule has 2 aromatic heterocycles. The first-order valence-corrected chi connectivity index (χ1v) is 7.80. The molecule has 1 saturated heterocycles. The second-order valence-electron chi connectivity index (χ2n) is 5.81.